The fraction of sp³-hybridized carbons (Fsp3) is 0.462. The number of benzene rings is 1. The molecule has 1 aliphatic heterocycles. The van der Waals surface area contributed by atoms with Crippen LogP contribution in [0.25, 0.3) is 0 Å². The Hall–Kier alpha value is -1.20. The summed E-state index contributed by atoms with van der Waals surface area (Å²) < 4.78 is 13.8. The Morgan fingerprint density at radius 1 is 1.33 bits per heavy atom. The molecule has 1 saturated heterocycles. The molecule has 0 aliphatic carbocycles. The second-order valence-corrected chi connectivity index (χ2v) is 4.89. The van der Waals surface area contributed by atoms with Gasteiger partial charge in [-0.05, 0) is 24.7 Å². The van der Waals surface area contributed by atoms with Gasteiger partial charge in [0.1, 0.15) is 10.8 Å². The molecule has 0 aromatic heterocycles. The van der Waals surface area contributed by atoms with E-state index in [-0.39, 0.29) is 10.8 Å². The van der Waals surface area contributed by atoms with E-state index in [9.17, 15) is 4.39 Å². The molecular weight excluding hydrogens is 249 g/mol. The Kier molecular flexibility index (Phi) is 4.14. The van der Waals surface area contributed by atoms with E-state index < -0.39 is 0 Å². The van der Waals surface area contributed by atoms with Crippen LogP contribution in [0.1, 0.15) is 12.5 Å². The molecule has 18 heavy (non-hydrogen) atoms. The standard InChI is InChI=1S/C13H18FN3S/c1-2-16-5-7-17(8-6-16)10-3-4-11(13(15)18)12(14)9-10/h3-4,9H,2,5-8H2,1H3,(H2,15,18). The van der Waals surface area contributed by atoms with E-state index in [2.05, 4.69) is 16.7 Å². The van der Waals surface area contributed by atoms with Gasteiger partial charge >= 0.3 is 0 Å². The van der Waals surface area contributed by atoms with Gasteiger partial charge in [0.05, 0.1) is 0 Å². The van der Waals surface area contributed by atoms with Crippen molar-refractivity contribution in [2.75, 3.05) is 37.6 Å². The number of rotatable bonds is 3. The molecule has 0 saturated carbocycles. The monoisotopic (exact) mass is 267 g/mol. The molecule has 0 bridgehead atoms. The van der Waals surface area contributed by atoms with Crippen molar-refractivity contribution in [2.24, 2.45) is 5.73 Å². The van der Waals surface area contributed by atoms with Crippen molar-refractivity contribution >= 4 is 22.9 Å². The highest BCUT2D eigenvalue weighted by Gasteiger charge is 2.17. The number of halogens is 1. The lowest BCUT2D eigenvalue weighted by molar-refractivity contribution is 0.271. The third-order valence-corrected chi connectivity index (χ3v) is 3.62. The summed E-state index contributed by atoms with van der Waals surface area (Å²) in [6.07, 6.45) is 0. The van der Waals surface area contributed by atoms with Gasteiger partial charge in [-0.3, -0.25) is 0 Å². The Morgan fingerprint density at radius 2 is 2.00 bits per heavy atom. The van der Waals surface area contributed by atoms with E-state index in [0.717, 1.165) is 38.4 Å². The third-order valence-electron chi connectivity index (χ3n) is 3.40. The molecule has 2 N–H and O–H groups in total. The highest BCUT2D eigenvalue weighted by Crippen LogP contribution is 2.20. The van der Waals surface area contributed by atoms with Gasteiger partial charge in [-0.25, -0.2) is 4.39 Å². The molecule has 3 nitrogen and oxygen atoms in total. The normalized spacial score (nSPS) is 16.9. The summed E-state index contributed by atoms with van der Waals surface area (Å²) in [6, 6.07) is 5.08. The smallest absolute Gasteiger partial charge is 0.135 e. The maximum Gasteiger partial charge on any atom is 0.135 e. The third kappa shape index (κ3) is 2.79. The fourth-order valence-corrected chi connectivity index (χ4v) is 2.39. The van der Waals surface area contributed by atoms with Crippen LogP contribution >= 0.6 is 12.2 Å². The van der Waals surface area contributed by atoms with Crippen molar-refractivity contribution < 1.29 is 4.39 Å². The largest absolute Gasteiger partial charge is 0.389 e. The number of thiocarbonyl (C=S) groups is 1. The van der Waals surface area contributed by atoms with Crippen molar-refractivity contribution in [3.05, 3.63) is 29.6 Å². The molecule has 0 radical (unpaired) electrons. The van der Waals surface area contributed by atoms with Crippen LogP contribution in [-0.2, 0) is 0 Å². The summed E-state index contributed by atoms with van der Waals surface area (Å²) in [6.45, 7) is 7.14. The molecule has 0 amide bonds. The topological polar surface area (TPSA) is 32.5 Å². The predicted octanol–water partition coefficient (Wildman–Crippen LogP) is 1.60. The molecule has 2 rings (SSSR count). The Balaban J connectivity index is 2.11. The first-order valence-corrected chi connectivity index (χ1v) is 6.59. The molecule has 5 heteroatoms. The van der Waals surface area contributed by atoms with Crippen LogP contribution in [0.3, 0.4) is 0 Å². The van der Waals surface area contributed by atoms with E-state index in [4.69, 9.17) is 18.0 Å². The highest BCUT2D eigenvalue weighted by atomic mass is 32.1. The van der Waals surface area contributed by atoms with E-state index in [1.807, 2.05) is 6.07 Å². The van der Waals surface area contributed by atoms with E-state index in [1.165, 1.54) is 6.07 Å². The van der Waals surface area contributed by atoms with E-state index >= 15 is 0 Å². The van der Waals surface area contributed by atoms with Gasteiger partial charge in [-0.1, -0.05) is 19.1 Å². The first-order valence-electron chi connectivity index (χ1n) is 6.18. The second-order valence-electron chi connectivity index (χ2n) is 4.45. The van der Waals surface area contributed by atoms with Crippen LogP contribution in [0.4, 0.5) is 10.1 Å². The van der Waals surface area contributed by atoms with Crippen LogP contribution in [-0.4, -0.2) is 42.6 Å². The Labute approximate surface area is 112 Å². The molecule has 1 aromatic carbocycles. The van der Waals surface area contributed by atoms with Gasteiger partial charge in [-0.15, -0.1) is 0 Å². The number of nitrogens with two attached hydrogens (primary N) is 1. The number of nitrogens with zero attached hydrogens (tertiary/aromatic N) is 2. The van der Waals surface area contributed by atoms with Crippen LogP contribution in [0, 0.1) is 5.82 Å². The van der Waals surface area contributed by atoms with Crippen LogP contribution < -0.4 is 10.6 Å². The highest BCUT2D eigenvalue weighted by molar-refractivity contribution is 7.80. The summed E-state index contributed by atoms with van der Waals surface area (Å²) in [5, 5.41) is 0. The molecule has 1 aromatic rings. The lowest BCUT2D eigenvalue weighted by Crippen LogP contribution is -2.46. The molecule has 1 heterocycles. The summed E-state index contributed by atoms with van der Waals surface area (Å²) in [7, 11) is 0. The summed E-state index contributed by atoms with van der Waals surface area (Å²) in [4.78, 5) is 4.68. The minimum Gasteiger partial charge on any atom is -0.389 e. The zero-order valence-corrected chi connectivity index (χ0v) is 11.3. The SMILES string of the molecule is CCN1CCN(c2ccc(C(N)=S)c(F)c2)CC1. The number of likely N-dealkylation sites (N-methyl/N-ethyl adjacent to an activating group) is 1. The number of hydrogen-bond acceptors (Lipinski definition) is 3. The molecule has 98 valence electrons. The average molecular weight is 267 g/mol. The van der Waals surface area contributed by atoms with Crippen molar-refractivity contribution in [3.8, 4) is 0 Å². The molecule has 0 atom stereocenters. The maximum atomic E-state index is 13.8. The van der Waals surface area contributed by atoms with Crippen LogP contribution in [0.2, 0.25) is 0 Å². The number of hydrogen-bond donors (Lipinski definition) is 1. The maximum absolute atomic E-state index is 13.8. The van der Waals surface area contributed by atoms with Crippen molar-refractivity contribution in [3.63, 3.8) is 0 Å². The Bertz CT molecular complexity index is 442. The van der Waals surface area contributed by atoms with E-state index in [0.29, 0.717) is 5.56 Å². The molecular formula is C13H18FN3S. The van der Waals surface area contributed by atoms with Gasteiger partial charge in [-0.2, -0.15) is 0 Å². The summed E-state index contributed by atoms with van der Waals surface area (Å²) >= 11 is 4.80. The van der Waals surface area contributed by atoms with Crippen molar-refractivity contribution in [1.29, 1.82) is 0 Å². The second kappa shape index (κ2) is 5.63. The minimum atomic E-state index is -0.335. The lowest BCUT2D eigenvalue weighted by Gasteiger charge is -2.35. The van der Waals surface area contributed by atoms with Crippen LogP contribution in [0.15, 0.2) is 18.2 Å². The number of piperazine rings is 1. The van der Waals surface area contributed by atoms with E-state index in [1.54, 1.807) is 6.07 Å². The van der Waals surface area contributed by atoms with Gasteiger partial charge in [0.15, 0.2) is 0 Å². The summed E-state index contributed by atoms with van der Waals surface area (Å²) in [5.41, 5.74) is 6.68. The fourth-order valence-electron chi connectivity index (χ4n) is 2.22. The quantitative estimate of drug-likeness (QED) is 0.843. The first kappa shape index (κ1) is 13.2. The Morgan fingerprint density at radius 3 is 2.50 bits per heavy atom. The van der Waals surface area contributed by atoms with Crippen molar-refractivity contribution in [1.82, 2.24) is 4.90 Å². The number of anilines is 1. The predicted molar refractivity (Wildman–Crippen MR) is 76.6 cm³/mol. The zero-order chi connectivity index (χ0) is 13.1. The lowest BCUT2D eigenvalue weighted by atomic mass is 10.1. The molecule has 1 aliphatic rings. The van der Waals surface area contributed by atoms with Crippen molar-refractivity contribution in [2.45, 2.75) is 6.92 Å². The molecule has 1 fully saturated rings. The van der Waals surface area contributed by atoms with Gasteiger partial charge in [0, 0.05) is 37.4 Å². The molecule has 0 unspecified atom stereocenters. The zero-order valence-electron chi connectivity index (χ0n) is 10.5. The minimum absolute atomic E-state index is 0.106. The summed E-state index contributed by atoms with van der Waals surface area (Å²) in [5.74, 6) is -0.335. The first-order chi connectivity index (χ1) is 8.61. The average Bonchev–Trinajstić information content (AvgIpc) is 2.38. The molecule has 0 spiro atoms. The van der Waals surface area contributed by atoms with Gasteiger partial charge < -0.3 is 15.5 Å². The van der Waals surface area contributed by atoms with Crippen LogP contribution in [0.5, 0.6) is 0 Å². The van der Waals surface area contributed by atoms with Gasteiger partial charge in [0.25, 0.3) is 0 Å². The van der Waals surface area contributed by atoms with Gasteiger partial charge in [0.2, 0.25) is 0 Å².